The molecule has 1 N–H and O–H groups in total. The molecule has 7 nitrogen and oxygen atoms in total. The lowest BCUT2D eigenvalue weighted by molar-refractivity contribution is -0.154. The SMILES string of the molecule is O=C(/C=C\C(=NCO)OC(=O)CBr)OC(=O)CBr. The van der Waals surface area contributed by atoms with E-state index in [1.807, 2.05) is 0 Å². The van der Waals surface area contributed by atoms with Gasteiger partial charge in [0, 0.05) is 12.2 Å². The van der Waals surface area contributed by atoms with Gasteiger partial charge in [-0.05, 0) is 0 Å². The molecule has 0 unspecified atom stereocenters. The summed E-state index contributed by atoms with van der Waals surface area (Å²) in [5.41, 5.74) is 0. The van der Waals surface area contributed by atoms with E-state index in [1.54, 1.807) is 0 Å². The van der Waals surface area contributed by atoms with Crippen molar-refractivity contribution < 1.29 is 29.0 Å². The van der Waals surface area contributed by atoms with Gasteiger partial charge < -0.3 is 14.6 Å². The highest BCUT2D eigenvalue weighted by Gasteiger charge is 2.07. The standard InChI is InChI=1S/C9H9Br2NO6/c10-3-8(15)17-6(12-5-13)1-2-7(14)18-9(16)4-11/h1-2,13H,3-5H2/b2-1-,12-6?. The molecule has 0 saturated heterocycles. The Bertz CT molecular complexity index is 379. The molecule has 0 aliphatic rings. The molecule has 0 saturated carbocycles. The fraction of sp³-hybridized carbons (Fsp3) is 0.333. The van der Waals surface area contributed by atoms with Crippen LogP contribution in [0.25, 0.3) is 0 Å². The van der Waals surface area contributed by atoms with Crippen LogP contribution in [0.4, 0.5) is 0 Å². The first-order chi connectivity index (χ1) is 8.53. The van der Waals surface area contributed by atoms with E-state index < -0.39 is 24.6 Å². The Labute approximate surface area is 119 Å². The molecule has 0 rings (SSSR count). The molecular weight excluding hydrogens is 378 g/mol. The van der Waals surface area contributed by atoms with Crippen LogP contribution in [0.15, 0.2) is 17.1 Å². The average molecular weight is 387 g/mol. The average Bonchev–Trinajstić information content (AvgIpc) is 2.35. The van der Waals surface area contributed by atoms with Gasteiger partial charge in [0.1, 0.15) is 17.4 Å². The fourth-order valence-corrected chi connectivity index (χ4v) is 0.874. The number of rotatable bonds is 5. The molecular formula is C9H9Br2NO6. The largest absolute Gasteiger partial charge is 0.407 e. The number of nitrogens with zero attached hydrogens (tertiary/aromatic N) is 1. The second kappa shape index (κ2) is 9.92. The number of aliphatic hydroxyl groups is 1. The highest BCUT2D eigenvalue weighted by molar-refractivity contribution is 9.09. The van der Waals surface area contributed by atoms with Gasteiger partial charge in [0.25, 0.3) is 0 Å². The lowest BCUT2D eigenvalue weighted by atomic mass is 10.5. The Morgan fingerprint density at radius 1 is 1.06 bits per heavy atom. The summed E-state index contributed by atoms with van der Waals surface area (Å²) in [5, 5.41) is 8.38. The number of hydrogen-bond donors (Lipinski definition) is 1. The normalized spacial score (nSPS) is 11.4. The number of esters is 3. The maximum absolute atomic E-state index is 11.1. The smallest absolute Gasteiger partial charge is 0.338 e. The van der Waals surface area contributed by atoms with E-state index in [0.717, 1.165) is 12.2 Å². The van der Waals surface area contributed by atoms with Crippen LogP contribution in [-0.4, -0.2) is 46.3 Å². The van der Waals surface area contributed by atoms with Crippen LogP contribution in [0.1, 0.15) is 0 Å². The summed E-state index contributed by atoms with van der Waals surface area (Å²) in [7, 11) is 0. The van der Waals surface area contributed by atoms with Gasteiger partial charge in [-0.25, -0.2) is 9.79 Å². The molecule has 0 aromatic rings. The predicted molar refractivity (Wildman–Crippen MR) is 68.4 cm³/mol. The minimum Gasteiger partial charge on any atom is -0.407 e. The first kappa shape index (κ1) is 16.9. The first-order valence-corrected chi connectivity index (χ1v) is 6.68. The molecule has 0 radical (unpaired) electrons. The topological polar surface area (TPSA) is 102 Å². The van der Waals surface area contributed by atoms with Gasteiger partial charge in [-0.15, -0.1) is 0 Å². The van der Waals surface area contributed by atoms with Crippen LogP contribution >= 0.6 is 31.9 Å². The van der Waals surface area contributed by atoms with Gasteiger partial charge >= 0.3 is 17.9 Å². The van der Waals surface area contributed by atoms with Gasteiger partial charge in [0.15, 0.2) is 0 Å². The van der Waals surface area contributed by atoms with Crippen LogP contribution in [0.5, 0.6) is 0 Å². The summed E-state index contributed by atoms with van der Waals surface area (Å²) in [6.07, 6.45) is 1.84. The van der Waals surface area contributed by atoms with Crippen molar-refractivity contribution in [1.82, 2.24) is 0 Å². The molecule has 0 aromatic heterocycles. The van der Waals surface area contributed by atoms with Crippen molar-refractivity contribution in [3.63, 3.8) is 0 Å². The van der Waals surface area contributed by atoms with E-state index in [9.17, 15) is 14.4 Å². The summed E-state index contributed by atoms with van der Waals surface area (Å²) < 4.78 is 8.92. The number of carbonyl (C=O) groups is 3. The van der Waals surface area contributed by atoms with Crippen LogP contribution in [0.2, 0.25) is 0 Å². The first-order valence-electron chi connectivity index (χ1n) is 4.44. The minimum atomic E-state index is -0.944. The molecule has 0 atom stereocenters. The fourth-order valence-electron chi connectivity index (χ4n) is 0.645. The van der Waals surface area contributed by atoms with Crippen LogP contribution in [0, 0.1) is 0 Å². The Morgan fingerprint density at radius 3 is 2.11 bits per heavy atom. The monoisotopic (exact) mass is 385 g/mol. The summed E-state index contributed by atoms with van der Waals surface area (Å²) in [6.45, 7) is -0.620. The van der Waals surface area contributed by atoms with E-state index in [2.05, 4.69) is 46.3 Å². The van der Waals surface area contributed by atoms with Crippen molar-refractivity contribution in [1.29, 1.82) is 0 Å². The Morgan fingerprint density at radius 2 is 1.61 bits per heavy atom. The van der Waals surface area contributed by atoms with Gasteiger partial charge in [-0.2, -0.15) is 0 Å². The molecule has 0 aliphatic heterocycles. The second-order valence-corrected chi connectivity index (χ2v) is 3.63. The van der Waals surface area contributed by atoms with E-state index in [0.29, 0.717) is 0 Å². The third-order valence-corrected chi connectivity index (χ3v) is 2.16. The zero-order chi connectivity index (χ0) is 14.0. The summed E-state index contributed by atoms with van der Waals surface area (Å²) in [5.74, 6) is -2.63. The quantitative estimate of drug-likeness (QED) is 0.182. The van der Waals surface area contributed by atoms with Crippen molar-refractivity contribution in [2.24, 2.45) is 4.99 Å². The Balaban J connectivity index is 4.49. The lowest BCUT2D eigenvalue weighted by Gasteiger charge is -2.00. The number of hydrogen-bond acceptors (Lipinski definition) is 7. The van der Waals surface area contributed by atoms with Crippen molar-refractivity contribution in [2.75, 3.05) is 17.4 Å². The van der Waals surface area contributed by atoms with Gasteiger partial charge in [-0.1, -0.05) is 31.9 Å². The highest BCUT2D eigenvalue weighted by Crippen LogP contribution is 1.94. The lowest BCUT2D eigenvalue weighted by Crippen LogP contribution is -2.14. The van der Waals surface area contributed by atoms with Crippen LogP contribution in [-0.2, 0) is 23.9 Å². The Hall–Kier alpha value is -1.06. The molecule has 9 heteroatoms. The van der Waals surface area contributed by atoms with E-state index in [-0.39, 0.29) is 16.6 Å². The maximum atomic E-state index is 11.1. The highest BCUT2D eigenvalue weighted by atomic mass is 79.9. The molecule has 0 fully saturated rings. The zero-order valence-corrected chi connectivity index (χ0v) is 12.1. The molecule has 100 valence electrons. The number of carbonyl (C=O) groups excluding carboxylic acids is 3. The third kappa shape index (κ3) is 8.09. The van der Waals surface area contributed by atoms with Crippen molar-refractivity contribution in [3.05, 3.63) is 12.2 Å². The number of alkyl halides is 2. The zero-order valence-electron chi connectivity index (χ0n) is 8.97. The van der Waals surface area contributed by atoms with Crippen LogP contribution < -0.4 is 0 Å². The second-order valence-electron chi connectivity index (χ2n) is 2.51. The predicted octanol–water partition coefficient (Wildman–Crippen LogP) is 0.294. The maximum Gasteiger partial charge on any atom is 0.338 e. The molecule has 0 spiro atoms. The minimum absolute atomic E-state index is 0.0716. The van der Waals surface area contributed by atoms with E-state index >= 15 is 0 Å². The summed E-state index contributed by atoms with van der Waals surface area (Å²) >= 11 is 5.67. The molecule has 18 heavy (non-hydrogen) atoms. The number of ether oxygens (including phenoxy) is 2. The molecule has 0 amide bonds. The third-order valence-electron chi connectivity index (χ3n) is 1.24. The van der Waals surface area contributed by atoms with E-state index in [4.69, 9.17) is 5.11 Å². The van der Waals surface area contributed by atoms with Gasteiger partial charge in [0.2, 0.25) is 5.90 Å². The Kier molecular flexibility index (Phi) is 9.33. The molecule has 0 aromatic carbocycles. The summed E-state index contributed by atoms with van der Waals surface area (Å²) in [4.78, 5) is 36.1. The van der Waals surface area contributed by atoms with Gasteiger partial charge in [-0.3, -0.25) is 9.59 Å². The number of aliphatic hydroxyl groups excluding tert-OH is 1. The molecule has 0 aliphatic carbocycles. The summed E-state index contributed by atoms with van der Waals surface area (Å²) in [6, 6.07) is 0. The van der Waals surface area contributed by atoms with Gasteiger partial charge in [0.05, 0.1) is 0 Å². The van der Waals surface area contributed by atoms with E-state index in [1.165, 1.54) is 0 Å². The van der Waals surface area contributed by atoms with Crippen LogP contribution in [0.3, 0.4) is 0 Å². The van der Waals surface area contributed by atoms with Crippen molar-refractivity contribution >= 4 is 55.7 Å². The van der Waals surface area contributed by atoms with Crippen molar-refractivity contribution in [2.45, 2.75) is 0 Å². The molecule has 0 bridgehead atoms. The number of aliphatic imine (C=N–C) groups is 1. The van der Waals surface area contributed by atoms with Crippen molar-refractivity contribution in [3.8, 4) is 0 Å². The number of halogens is 2. The molecule has 0 heterocycles.